The van der Waals surface area contributed by atoms with Gasteiger partial charge < -0.3 is 9.64 Å². The number of hydrogen-bond donors (Lipinski definition) is 0. The first-order valence-electron chi connectivity index (χ1n) is 9.41. The normalized spacial score (nSPS) is 12.4. The summed E-state index contributed by atoms with van der Waals surface area (Å²) in [7, 11) is 0. The lowest BCUT2D eigenvalue weighted by atomic mass is 10.1. The monoisotopic (exact) mass is 416 g/mol. The number of hydrogen-bond acceptors (Lipinski definition) is 6. The van der Waals surface area contributed by atoms with Crippen molar-refractivity contribution in [1.29, 1.82) is 0 Å². The number of aromatic nitrogens is 5. The fourth-order valence-electron chi connectivity index (χ4n) is 2.89. The molecule has 1 amide bonds. The van der Waals surface area contributed by atoms with E-state index in [1.54, 1.807) is 29.2 Å². The number of rotatable bonds is 8. The molecule has 0 N–H and O–H groups in total. The van der Waals surface area contributed by atoms with Gasteiger partial charge in [-0.25, -0.2) is 9.97 Å². The Bertz CT molecular complexity index is 974. The highest BCUT2D eigenvalue weighted by molar-refractivity contribution is 5.97. The van der Waals surface area contributed by atoms with Gasteiger partial charge in [-0.2, -0.15) is 23.8 Å². The van der Waals surface area contributed by atoms with E-state index >= 15 is 0 Å². The van der Waals surface area contributed by atoms with Gasteiger partial charge in [-0.15, -0.1) is 0 Å². The van der Waals surface area contributed by atoms with Crippen molar-refractivity contribution in [1.82, 2.24) is 29.9 Å². The van der Waals surface area contributed by atoms with Crippen molar-refractivity contribution < 1.29 is 18.3 Å². The molecule has 0 radical (unpaired) electrons. The molecule has 0 aliphatic rings. The molecule has 0 aliphatic carbocycles. The van der Waals surface area contributed by atoms with Gasteiger partial charge in [-0.05, 0) is 26.0 Å². The van der Waals surface area contributed by atoms with Crippen LogP contribution in [0.4, 0.5) is 8.78 Å². The van der Waals surface area contributed by atoms with Crippen LogP contribution in [0.1, 0.15) is 36.8 Å². The molecule has 2 aromatic heterocycles. The number of carbonyl (C=O) groups excluding carboxylic acids is 1. The van der Waals surface area contributed by atoms with Crippen molar-refractivity contribution in [2.75, 3.05) is 13.2 Å². The van der Waals surface area contributed by atoms with Crippen LogP contribution in [-0.2, 0) is 5.92 Å². The van der Waals surface area contributed by atoms with E-state index in [9.17, 15) is 13.6 Å². The average molecular weight is 416 g/mol. The summed E-state index contributed by atoms with van der Waals surface area (Å²) in [5, 5.41) is 8.20. The Balaban J connectivity index is 1.71. The Kier molecular flexibility index (Phi) is 6.34. The van der Waals surface area contributed by atoms with E-state index in [0.29, 0.717) is 17.8 Å². The van der Waals surface area contributed by atoms with Crippen LogP contribution in [0.5, 0.6) is 5.88 Å². The van der Waals surface area contributed by atoms with Crippen molar-refractivity contribution in [3.63, 3.8) is 0 Å². The van der Waals surface area contributed by atoms with Crippen LogP contribution in [0.3, 0.4) is 0 Å². The minimum Gasteiger partial charge on any atom is -0.474 e. The third kappa shape index (κ3) is 4.76. The summed E-state index contributed by atoms with van der Waals surface area (Å²) in [6, 6.07) is 6.75. The standard InChI is InChI=1S/C20H22F2N6O2/c1-4-27(14(2)13-30-18-12-23-17(11-24-18)20(3,21)22)19(29)15-7-5-6-8-16(15)28-25-9-10-26-28/h5-12,14H,4,13H2,1-3H3/t14-/m0/s1. The van der Waals surface area contributed by atoms with Gasteiger partial charge in [-0.1, -0.05) is 12.1 Å². The number of benzene rings is 1. The Hall–Kier alpha value is -3.43. The van der Waals surface area contributed by atoms with Crippen LogP contribution >= 0.6 is 0 Å². The molecule has 2 heterocycles. The van der Waals surface area contributed by atoms with Crippen LogP contribution in [-0.4, -0.2) is 55.0 Å². The first kappa shape index (κ1) is 21.3. The second-order valence-corrected chi connectivity index (χ2v) is 6.72. The summed E-state index contributed by atoms with van der Waals surface area (Å²) < 4.78 is 32.0. The molecular weight excluding hydrogens is 394 g/mol. The van der Waals surface area contributed by atoms with Crippen molar-refractivity contribution >= 4 is 5.91 Å². The number of ether oxygens (including phenoxy) is 1. The summed E-state index contributed by atoms with van der Waals surface area (Å²) in [5.74, 6) is -3.16. The molecule has 0 bridgehead atoms. The van der Waals surface area contributed by atoms with Gasteiger partial charge in [0.1, 0.15) is 12.3 Å². The minimum atomic E-state index is -3.07. The number of amides is 1. The lowest BCUT2D eigenvalue weighted by molar-refractivity contribution is 0.0121. The van der Waals surface area contributed by atoms with Gasteiger partial charge in [0, 0.05) is 13.5 Å². The molecule has 30 heavy (non-hydrogen) atoms. The zero-order valence-corrected chi connectivity index (χ0v) is 16.9. The first-order valence-corrected chi connectivity index (χ1v) is 9.41. The molecule has 3 aromatic rings. The Morgan fingerprint density at radius 2 is 1.90 bits per heavy atom. The predicted octanol–water partition coefficient (Wildman–Crippen LogP) is 3.10. The lowest BCUT2D eigenvalue weighted by Crippen LogP contribution is -2.42. The van der Waals surface area contributed by atoms with E-state index in [0.717, 1.165) is 19.3 Å². The molecule has 1 atom stereocenters. The van der Waals surface area contributed by atoms with E-state index in [4.69, 9.17) is 4.74 Å². The molecular formula is C20H22F2N6O2. The fraction of sp³-hybridized carbons (Fsp3) is 0.350. The summed E-state index contributed by atoms with van der Waals surface area (Å²) in [5.41, 5.74) is 0.592. The Morgan fingerprint density at radius 3 is 2.50 bits per heavy atom. The van der Waals surface area contributed by atoms with Gasteiger partial charge in [0.2, 0.25) is 5.88 Å². The van der Waals surface area contributed by atoms with Gasteiger partial charge in [0.05, 0.1) is 42.1 Å². The lowest BCUT2D eigenvalue weighted by Gasteiger charge is -2.28. The molecule has 0 saturated carbocycles. The summed E-state index contributed by atoms with van der Waals surface area (Å²) in [6.07, 6.45) is 5.21. The minimum absolute atomic E-state index is 0.111. The SMILES string of the molecule is CCN(C(=O)c1ccccc1-n1nccn1)[C@@H](C)COc1cnc(C(C)(F)F)cn1. The van der Waals surface area contributed by atoms with Crippen LogP contribution < -0.4 is 4.74 Å². The largest absolute Gasteiger partial charge is 0.474 e. The van der Waals surface area contributed by atoms with Crippen LogP contribution in [0, 0.1) is 0 Å². The number of nitrogens with zero attached hydrogens (tertiary/aromatic N) is 6. The number of likely N-dealkylation sites (N-methyl/N-ethyl adjacent to an activating group) is 1. The molecule has 0 unspecified atom stereocenters. The van der Waals surface area contributed by atoms with Crippen LogP contribution in [0.25, 0.3) is 5.69 Å². The quantitative estimate of drug-likeness (QED) is 0.561. The third-order valence-electron chi connectivity index (χ3n) is 4.45. The number of carbonyl (C=O) groups is 1. The summed E-state index contributed by atoms with van der Waals surface area (Å²) >= 11 is 0. The number of halogens is 2. The molecule has 3 rings (SSSR count). The van der Waals surface area contributed by atoms with Crippen molar-refractivity contribution in [2.24, 2.45) is 0 Å². The highest BCUT2D eigenvalue weighted by atomic mass is 19.3. The molecule has 0 spiro atoms. The van der Waals surface area contributed by atoms with E-state index in [2.05, 4.69) is 20.2 Å². The predicted molar refractivity (Wildman–Crippen MR) is 105 cm³/mol. The zero-order chi connectivity index (χ0) is 21.7. The maximum Gasteiger partial charge on any atom is 0.288 e. The maximum absolute atomic E-state index is 13.2. The van der Waals surface area contributed by atoms with E-state index < -0.39 is 11.6 Å². The van der Waals surface area contributed by atoms with Crippen molar-refractivity contribution in [3.8, 4) is 11.6 Å². The molecule has 0 fully saturated rings. The topological polar surface area (TPSA) is 86.0 Å². The molecule has 158 valence electrons. The maximum atomic E-state index is 13.2. The number of para-hydroxylation sites is 1. The van der Waals surface area contributed by atoms with Gasteiger partial charge in [-0.3, -0.25) is 4.79 Å². The third-order valence-corrected chi connectivity index (χ3v) is 4.45. The van der Waals surface area contributed by atoms with Crippen molar-refractivity contribution in [2.45, 2.75) is 32.7 Å². The summed E-state index contributed by atoms with van der Waals surface area (Å²) in [6.45, 7) is 5.01. The van der Waals surface area contributed by atoms with Crippen LogP contribution in [0.15, 0.2) is 49.1 Å². The average Bonchev–Trinajstić information content (AvgIpc) is 3.27. The van der Waals surface area contributed by atoms with E-state index in [-0.39, 0.29) is 24.4 Å². The molecule has 10 heteroatoms. The van der Waals surface area contributed by atoms with Gasteiger partial charge >= 0.3 is 0 Å². The molecule has 1 aromatic carbocycles. The second-order valence-electron chi connectivity index (χ2n) is 6.72. The number of alkyl halides is 2. The Labute approximate surface area is 172 Å². The van der Waals surface area contributed by atoms with Gasteiger partial charge in [0.15, 0.2) is 0 Å². The molecule has 0 aliphatic heterocycles. The fourth-order valence-corrected chi connectivity index (χ4v) is 2.89. The molecule has 0 saturated heterocycles. The highest BCUT2D eigenvalue weighted by Gasteiger charge is 2.27. The first-order chi connectivity index (χ1) is 14.3. The Morgan fingerprint density at radius 1 is 1.20 bits per heavy atom. The van der Waals surface area contributed by atoms with E-state index in [1.807, 2.05) is 13.8 Å². The van der Waals surface area contributed by atoms with Gasteiger partial charge in [0.25, 0.3) is 11.8 Å². The van der Waals surface area contributed by atoms with E-state index in [1.165, 1.54) is 17.2 Å². The van der Waals surface area contributed by atoms with Crippen molar-refractivity contribution in [3.05, 3.63) is 60.3 Å². The van der Waals surface area contributed by atoms with Crippen LogP contribution in [0.2, 0.25) is 0 Å². The smallest absolute Gasteiger partial charge is 0.288 e. The summed E-state index contributed by atoms with van der Waals surface area (Å²) in [4.78, 5) is 23.8. The second kappa shape index (κ2) is 8.93. The molecule has 8 nitrogen and oxygen atoms in total. The zero-order valence-electron chi connectivity index (χ0n) is 16.9. The highest BCUT2D eigenvalue weighted by Crippen LogP contribution is 2.24.